The van der Waals surface area contributed by atoms with Gasteiger partial charge in [-0.15, -0.1) is 0 Å². The first kappa shape index (κ1) is 17.7. The van der Waals surface area contributed by atoms with Crippen molar-refractivity contribution in [1.29, 1.82) is 0 Å². The summed E-state index contributed by atoms with van der Waals surface area (Å²) in [7, 11) is 1.99. The van der Waals surface area contributed by atoms with E-state index in [0.717, 1.165) is 36.6 Å². The van der Waals surface area contributed by atoms with Crippen LogP contribution in [-0.2, 0) is 0 Å². The van der Waals surface area contributed by atoms with Crippen molar-refractivity contribution in [3.63, 3.8) is 0 Å². The standard InChI is InChI=1S/C20H28N4O/c1-15-12-19(21-13-16-8-10-17(14-25)11-9-16)23-20(22-15)24(2)18-6-4-3-5-7-18/h3-7,12,16-17,25H,8-11,13-14H2,1-2H3,(H,21,22,23). The molecule has 3 rings (SSSR count). The second-order valence-electron chi connectivity index (χ2n) is 7.04. The molecule has 0 aliphatic heterocycles. The first-order valence-corrected chi connectivity index (χ1v) is 9.15. The van der Waals surface area contributed by atoms with Crippen molar-refractivity contribution in [2.24, 2.45) is 11.8 Å². The Kier molecular flexibility index (Phi) is 5.87. The van der Waals surface area contributed by atoms with Gasteiger partial charge in [0.1, 0.15) is 5.82 Å². The van der Waals surface area contributed by atoms with Crippen LogP contribution in [0.15, 0.2) is 36.4 Å². The van der Waals surface area contributed by atoms with Crippen molar-refractivity contribution in [2.75, 3.05) is 30.4 Å². The molecule has 0 atom stereocenters. The Balaban J connectivity index is 1.64. The fourth-order valence-electron chi connectivity index (χ4n) is 3.43. The van der Waals surface area contributed by atoms with Crippen molar-refractivity contribution >= 4 is 17.5 Å². The molecule has 2 aromatic rings. The topological polar surface area (TPSA) is 61.3 Å². The average Bonchev–Trinajstić information content (AvgIpc) is 2.66. The van der Waals surface area contributed by atoms with Gasteiger partial charge in [-0.05, 0) is 56.6 Å². The van der Waals surface area contributed by atoms with Crippen LogP contribution in [0.4, 0.5) is 17.5 Å². The predicted octanol–water partition coefficient (Wildman–Crippen LogP) is 3.76. The number of para-hydroxylation sites is 1. The van der Waals surface area contributed by atoms with Gasteiger partial charge in [0.25, 0.3) is 0 Å². The van der Waals surface area contributed by atoms with Crippen molar-refractivity contribution in [2.45, 2.75) is 32.6 Å². The summed E-state index contributed by atoms with van der Waals surface area (Å²) in [5.74, 6) is 2.75. The van der Waals surface area contributed by atoms with Crippen LogP contribution < -0.4 is 10.2 Å². The highest BCUT2D eigenvalue weighted by molar-refractivity contribution is 5.57. The Morgan fingerprint density at radius 3 is 2.44 bits per heavy atom. The van der Waals surface area contributed by atoms with E-state index in [9.17, 15) is 5.11 Å². The molecular weight excluding hydrogens is 312 g/mol. The second kappa shape index (κ2) is 8.30. The van der Waals surface area contributed by atoms with Gasteiger partial charge in [0.15, 0.2) is 0 Å². The lowest BCUT2D eigenvalue weighted by Gasteiger charge is -2.27. The molecule has 0 bridgehead atoms. The molecule has 0 saturated heterocycles. The van der Waals surface area contributed by atoms with E-state index in [4.69, 9.17) is 0 Å². The van der Waals surface area contributed by atoms with Gasteiger partial charge in [0.05, 0.1) is 0 Å². The van der Waals surface area contributed by atoms with Crippen molar-refractivity contribution < 1.29 is 5.11 Å². The summed E-state index contributed by atoms with van der Waals surface area (Å²) in [5, 5.41) is 12.7. The molecule has 0 radical (unpaired) electrons. The molecule has 1 fully saturated rings. The van der Waals surface area contributed by atoms with E-state index in [0.29, 0.717) is 24.4 Å². The third kappa shape index (κ3) is 4.69. The van der Waals surface area contributed by atoms with E-state index < -0.39 is 0 Å². The zero-order chi connectivity index (χ0) is 17.6. The lowest BCUT2D eigenvalue weighted by Crippen LogP contribution is -2.23. The van der Waals surface area contributed by atoms with Gasteiger partial charge < -0.3 is 15.3 Å². The van der Waals surface area contributed by atoms with E-state index in [1.54, 1.807) is 0 Å². The van der Waals surface area contributed by atoms with Gasteiger partial charge in [-0.3, -0.25) is 0 Å². The number of aryl methyl sites for hydroxylation is 1. The van der Waals surface area contributed by atoms with Gasteiger partial charge >= 0.3 is 0 Å². The summed E-state index contributed by atoms with van der Waals surface area (Å²) in [6.45, 7) is 3.27. The number of anilines is 3. The summed E-state index contributed by atoms with van der Waals surface area (Å²) in [6.07, 6.45) is 4.62. The minimum absolute atomic E-state index is 0.334. The number of hydrogen-bond donors (Lipinski definition) is 2. The molecule has 5 heteroatoms. The maximum atomic E-state index is 9.25. The SMILES string of the molecule is Cc1cc(NCC2CCC(CO)CC2)nc(N(C)c2ccccc2)n1. The summed E-state index contributed by atoms with van der Waals surface area (Å²) < 4.78 is 0. The minimum atomic E-state index is 0.334. The minimum Gasteiger partial charge on any atom is -0.396 e. The lowest BCUT2D eigenvalue weighted by atomic mass is 9.82. The Bertz CT molecular complexity index is 669. The molecule has 1 heterocycles. The summed E-state index contributed by atoms with van der Waals surface area (Å²) >= 11 is 0. The first-order valence-electron chi connectivity index (χ1n) is 9.15. The number of aromatic nitrogens is 2. The molecule has 1 aromatic heterocycles. The Labute approximate surface area is 150 Å². The fourth-order valence-corrected chi connectivity index (χ4v) is 3.43. The van der Waals surface area contributed by atoms with Crippen LogP contribution in [0.2, 0.25) is 0 Å². The Hall–Kier alpha value is -2.14. The van der Waals surface area contributed by atoms with Crippen LogP contribution in [0.5, 0.6) is 0 Å². The van der Waals surface area contributed by atoms with Gasteiger partial charge in [0, 0.05) is 37.6 Å². The number of aliphatic hydroxyl groups excluding tert-OH is 1. The van der Waals surface area contributed by atoms with Crippen LogP contribution in [0, 0.1) is 18.8 Å². The number of hydrogen-bond acceptors (Lipinski definition) is 5. The van der Waals surface area contributed by atoms with E-state index in [1.165, 1.54) is 12.8 Å². The number of nitrogens with zero attached hydrogens (tertiary/aromatic N) is 3. The number of nitrogens with one attached hydrogen (secondary N) is 1. The van der Waals surface area contributed by atoms with Crippen molar-refractivity contribution in [1.82, 2.24) is 9.97 Å². The van der Waals surface area contributed by atoms with E-state index >= 15 is 0 Å². The monoisotopic (exact) mass is 340 g/mol. The van der Waals surface area contributed by atoms with Crippen LogP contribution in [0.25, 0.3) is 0 Å². The van der Waals surface area contributed by atoms with Gasteiger partial charge in [0.2, 0.25) is 5.95 Å². The highest BCUT2D eigenvalue weighted by Gasteiger charge is 2.20. The van der Waals surface area contributed by atoms with E-state index in [-0.39, 0.29) is 0 Å². The molecule has 0 unspecified atom stereocenters. The maximum absolute atomic E-state index is 9.25. The third-order valence-electron chi connectivity index (χ3n) is 5.08. The molecule has 0 spiro atoms. The van der Waals surface area contributed by atoms with Gasteiger partial charge in [-0.1, -0.05) is 18.2 Å². The number of benzene rings is 1. The zero-order valence-corrected chi connectivity index (χ0v) is 15.2. The van der Waals surface area contributed by atoms with Crippen LogP contribution in [0.1, 0.15) is 31.4 Å². The largest absolute Gasteiger partial charge is 0.396 e. The molecule has 134 valence electrons. The molecule has 25 heavy (non-hydrogen) atoms. The highest BCUT2D eigenvalue weighted by atomic mass is 16.3. The van der Waals surface area contributed by atoms with Crippen molar-refractivity contribution in [3.8, 4) is 0 Å². The van der Waals surface area contributed by atoms with E-state index in [2.05, 4.69) is 27.4 Å². The molecule has 1 saturated carbocycles. The smallest absolute Gasteiger partial charge is 0.231 e. The van der Waals surface area contributed by atoms with Crippen LogP contribution >= 0.6 is 0 Å². The van der Waals surface area contributed by atoms with Gasteiger partial charge in [-0.2, -0.15) is 4.98 Å². The third-order valence-corrected chi connectivity index (χ3v) is 5.08. The first-order chi connectivity index (χ1) is 12.2. The van der Waals surface area contributed by atoms with Crippen LogP contribution in [0.3, 0.4) is 0 Å². The normalized spacial score (nSPS) is 20.3. The fraction of sp³-hybridized carbons (Fsp3) is 0.500. The summed E-state index contributed by atoms with van der Waals surface area (Å²) in [5.41, 5.74) is 2.03. The highest BCUT2D eigenvalue weighted by Crippen LogP contribution is 2.29. The maximum Gasteiger partial charge on any atom is 0.231 e. The average molecular weight is 340 g/mol. The summed E-state index contributed by atoms with van der Waals surface area (Å²) in [4.78, 5) is 11.3. The Morgan fingerprint density at radius 2 is 1.76 bits per heavy atom. The molecule has 5 nitrogen and oxygen atoms in total. The number of aliphatic hydroxyl groups is 1. The van der Waals surface area contributed by atoms with E-state index in [1.807, 2.05) is 43.1 Å². The quantitative estimate of drug-likeness (QED) is 0.838. The van der Waals surface area contributed by atoms with Crippen molar-refractivity contribution in [3.05, 3.63) is 42.1 Å². The molecule has 1 aromatic carbocycles. The molecule has 2 N–H and O–H groups in total. The second-order valence-corrected chi connectivity index (χ2v) is 7.04. The van der Waals surface area contributed by atoms with Crippen LogP contribution in [-0.4, -0.2) is 35.3 Å². The predicted molar refractivity (Wildman–Crippen MR) is 102 cm³/mol. The molecule has 0 amide bonds. The lowest BCUT2D eigenvalue weighted by molar-refractivity contribution is 0.170. The molecule has 1 aliphatic carbocycles. The summed E-state index contributed by atoms with van der Waals surface area (Å²) in [6, 6.07) is 12.2. The molecule has 1 aliphatic rings. The molecular formula is C20H28N4O. The Morgan fingerprint density at radius 1 is 1.08 bits per heavy atom. The number of rotatable bonds is 6. The zero-order valence-electron chi connectivity index (χ0n) is 15.2. The van der Waals surface area contributed by atoms with Gasteiger partial charge in [-0.25, -0.2) is 4.98 Å².